The van der Waals surface area contributed by atoms with Crippen molar-refractivity contribution in [1.82, 2.24) is 9.80 Å². The molecule has 2 heterocycles. The Labute approximate surface area is 95.6 Å². The van der Waals surface area contributed by atoms with Gasteiger partial charge in [-0.1, -0.05) is 6.92 Å². The largest absolute Gasteiger partial charge is 0.337 e. The van der Waals surface area contributed by atoms with Crippen molar-refractivity contribution in [3.63, 3.8) is 0 Å². The van der Waals surface area contributed by atoms with Gasteiger partial charge in [-0.3, -0.25) is 9.59 Å². The van der Waals surface area contributed by atoms with Crippen molar-refractivity contribution < 1.29 is 9.59 Å². The summed E-state index contributed by atoms with van der Waals surface area (Å²) in [5.74, 6) is 1.01. The molecular formula is C12H18N2O2. The van der Waals surface area contributed by atoms with Crippen molar-refractivity contribution in [2.75, 3.05) is 13.1 Å². The van der Waals surface area contributed by atoms with Gasteiger partial charge in [0.1, 0.15) is 6.04 Å². The second kappa shape index (κ2) is 3.47. The first-order valence-electron chi connectivity index (χ1n) is 6.28. The van der Waals surface area contributed by atoms with E-state index in [2.05, 4.69) is 6.92 Å². The van der Waals surface area contributed by atoms with Crippen LogP contribution in [0, 0.1) is 5.92 Å². The lowest BCUT2D eigenvalue weighted by molar-refractivity contribution is -0.139. The molecule has 3 unspecified atom stereocenters. The van der Waals surface area contributed by atoms with Crippen LogP contribution in [0.15, 0.2) is 0 Å². The molecule has 3 rings (SSSR count). The lowest BCUT2D eigenvalue weighted by Gasteiger charge is -2.25. The third-order valence-corrected chi connectivity index (χ3v) is 4.18. The van der Waals surface area contributed by atoms with Crippen LogP contribution in [0.25, 0.3) is 0 Å². The summed E-state index contributed by atoms with van der Waals surface area (Å²) in [7, 11) is 0. The molecule has 0 N–H and O–H groups in total. The van der Waals surface area contributed by atoms with Crippen molar-refractivity contribution in [2.45, 2.75) is 44.7 Å². The van der Waals surface area contributed by atoms with Gasteiger partial charge >= 0.3 is 0 Å². The van der Waals surface area contributed by atoms with Gasteiger partial charge < -0.3 is 9.80 Å². The molecule has 2 aliphatic heterocycles. The molecule has 2 amide bonds. The predicted molar refractivity (Wildman–Crippen MR) is 58.6 cm³/mol. The molecule has 3 fully saturated rings. The summed E-state index contributed by atoms with van der Waals surface area (Å²) in [6.45, 7) is 3.60. The maximum atomic E-state index is 12.3. The van der Waals surface area contributed by atoms with Crippen LogP contribution in [0.4, 0.5) is 0 Å². The van der Waals surface area contributed by atoms with Crippen molar-refractivity contribution in [2.24, 2.45) is 5.92 Å². The van der Waals surface area contributed by atoms with Gasteiger partial charge in [0.15, 0.2) is 0 Å². The van der Waals surface area contributed by atoms with Gasteiger partial charge in [-0.2, -0.15) is 0 Å². The van der Waals surface area contributed by atoms with Gasteiger partial charge in [0.25, 0.3) is 0 Å². The number of carbonyl (C=O) groups is 2. The molecule has 1 saturated carbocycles. The molecule has 16 heavy (non-hydrogen) atoms. The molecule has 0 bridgehead atoms. The van der Waals surface area contributed by atoms with Gasteiger partial charge in [0, 0.05) is 25.6 Å². The summed E-state index contributed by atoms with van der Waals surface area (Å²) in [6, 6.07) is 0.281. The van der Waals surface area contributed by atoms with E-state index in [-0.39, 0.29) is 17.9 Å². The fourth-order valence-corrected chi connectivity index (χ4v) is 3.05. The highest BCUT2D eigenvalue weighted by Gasteiger charge is 2.46. The number of amides is 2. The van der Waals surface area contributed by atoms with Crippen molar-refractivity contribution in [3.05, 3.63) is 0 Å². The molecule has 2 saturated heterocycles. The number of carbonyl (C=O) groups excluding carboxylic acids is 2. The van der Waals surface area contributed by atoms with Crippen molar-refractivity contribution in [1.29, 1.82) is 0 Å². The molecule has 3 atom stereocenters. The van der Waals surface area contributed by atoms with Crippen LogP contribution in [0.1, 0.15) is 32.6 Å². The third kappa shape index (κ3) is 1.43. The minimum Gasteiger partial charge on any atom is -0.337 e. The van der Waals surface area contributed by atoms with Crippen molar-refractivity contribution >= 4 is 11.8 Å². The minimum atomic E-state index is -0.136. The molecule has 0 radical (unpaired) electrons. The number of rotatable bonds is 1. The van der Waals surface area contributed by atoms with E-state index in [1.54, 1.807) is 4.90 Å². The van der Waals surface area contributed by atoms with E-state index in [0.29, 0.717) is 24.9 Å². The van der Waals surface area contributed by atoms with E-state index in [1.165, 1.54) is 0 Å². The van der Waals surface area contributed by atoms with E-state index in [4.69, 9.17) is 0 Å². The molecule has 4 heteroatoms. The van der Waals surface area contributed by atoms with Crippen LogP contribution >= 0.6 is 0 Å². The molecule has 0 aromatic heterocycles. The van der Waals surface area contributed by atoms with Crippen molar-refractivity contribution in [3.8, 4) is 0 Å². The summed E-state index contributed by atoms with van der Waals surface area (Å²) in [5.41, 5.74) is 0. The number of nitrogens with zero attached hydrogens (tertiary/aromatic N) is 2. The Kier molecular flexibility index (Phi) is 2.19. The highest BCUT2D eigenvalue weighted by atomic mass is 16.2. The highest BCUT2D eigenvalue weighted by Crippen LogP contribution is 2.37. The Hall–Kier alpha value is -1.06. The SMILES string of the molecule is CC1CC1N1CCC(=O)N2CCCC2C1=O. The Bertz CT molecular complexity index is 342. The van der Waals surface area contributed by atoms with Gasteiger partial charge in [0.05, 0.1) is 0 Å². The van der Waals surface area contributed by atoms with Gasteiger partial charge in [0.2, 0.25) is 11.8 Å². The Morgan fingerprint density at radius 2 is 1.94 bits per heavy atom. The van der Waals surface area contributed by atoms with E-state index >= 15 is 0 Å². The van der Waals surface area contributed by atoms with Crippen LogP contribution in [0.2, 0.25) is 0 Å². The summed E-state index contributed by atoms with van der Waals surface area (Å²) < 4.78 is 0. The molecule has 88 valence electrons. The van der Waals surface area contributed by atoms with E-state index in [0.717, 1.165) is 25.8 Å². The second-order valence-corrected chi connectivity index (χ2v) is 5.31. The number of fused-ring (bicyclic) bond motifs is 1. The first kappa shape index (κ1) is 10.1. The maximum Gasteiger partial charge on any atom is 0.245 e. The fraction of sp³-hybridized carbons (Fsp3) is 0.833. The molecule has 4 nitrogen and oxygen atoms in total. The molecule has 1 aliphatic carbocycles. The lowest BCUT2D eigenvalue weighted by Crippen LogP contribution is -2.44. The summed E-state index contributed by atoms with van der Waals surface area (Å²) in [4.78, 5) is 28.0. The molecule has 3 aliphatic rings. The van der Waals surface area contributed by atoms with E-state index in [9.17, 15) is 9.59 Å². The van der Waals surface area contributed by atoms with Gasteiger partial charge in [-0.05, 0) is 25.2 Å². The average molecular weight is 222 g/mol. The topological polar surface area (TPSA) is 40.6 Å². The first-order valence-corrected chi connectivity index (χ1v) is 6.28. The Morgan fingerprint density at radius 1 is 1.19 bits per heavy atom. The minimum absolute atomic E-state index is 0.136. The smallest absolute Gasteiger partial charge is 0.245 e. The molecule has 0 aromatic rings. The van der Waals surface area contributed by atoms with Crippen LogP contribution in [-0.2, 0) is 9.59 Å². The molecular weight excluding hydrogens is 204 g/mol. The second-order valence-electron chi connectivity index (χ2n) is 5.31. The summed E-state index contributed by atoms with van der Waals surface area (Å²) >= 11 is 0. The lowest BCUT2D eigenvalue weighted by atomic mass is 10.2. The number of hydrogen-bond acceptors (Lipinski definition) is 2. The van der Waals surface area contributed by atoms with Crippen LogP contribution in [-0.4, -0.2) is 46.8 Å². The van der Waals surface area contributed by atoms with Crippen LogP contribution in [0.5, 0.6) is 0 Å². The molecule has 0 spiro atoms. The highest BCUT2D eigenvalue weighted by molar-refractivity contribution is 5.90. The van der Waals surface area contributed by atoms with Crippen LogP contribution < -0.4 is 0 Å². The van der Waals surface area contributed by atoms with Crippen LogP contribution in [0.3, 0.4) is 0 Å². The molecule has 0 aromatic carbocycles. The average Bonchev–Trinajstić information content (AvgIpc) is 2.83. The quantitative estimate of drug-likeness (QED) is 0.652. The van der Waals surface area contributed by atoms with E-state index in [1.807, 2.05) is 4.90 Å². The fourth-order valence-electron chi connectivity index (χ4n) is 3.05. The Balaban J connectivity index is 1.83. The number of hydrogen-bond donors (Lipinski definition) is 0. The zero-order valence-corrected chi connectivity index (χ0v) is 9.69. The zero-order valence-electron chi connectivity index (χ0n) is 9.69. The first-order chi connectivity index (χ1) is 7.68. The van der Waals surface area contributed by atoms with Gasteiger partial charge in [-0.25, -0.2) is 0 Å². The van der Waals surface area contributed by atoms with E-state index < -0.39 is 0 Å². The Morgan fingerprint density at radius 3 is 2.62 bits per heavy atom. The third-order valence-electron chi connectivity index (χ3n) is 4.18. The summed E-state index contributed by atoms with van der Waals surface area (Å²) in [6.07, 6.45) is 3.48. The zero-order chi connectivity index (χ0) is 11.3. The predicted octanol–water partition coefficient (Wildman–Crippen LogP) is 0.618. The summed E-state index contributed by atoms with van der Waals surface area (Å²) in [5, 5.41) is 0. The standard InChI is InChI=1S/C12H18N2O2/c1-8-7-10(8)14-6-4-11(15)13-5-2-3-9(13)12(14)16/h8-10H,2-7H2,1H3. The monoisotopic (exact) mass is 222 g/mol. The normalized spacial score (nSPS) is 38.7. The maximum absolute atomic E-state index is 12.3. The van der Waals surface area contributed by atoms with Gasteiger partial charge in [-0.15, -0.1) is 0 Å².